The van der Waals surface area contributed by atoms with Crippen molar-refractivity contribution in [1.29, 1.82) is 0 Å². The van der Waals surface area contributed by atoms with Gasteiger partial charge in [-0.2, -0.15) is 8.73 Å². The molecule has 0 bridgehead atoms. The highest BCUT2D eigenvalue weighted by atomic mass is 35.5. The normalized spacial score (nSPS) is 11.9. The Bertz CT molecular complexity index is 781. The lowest BCUT2D eigenvalue weighted by molar-refractivity contribution is 1.34. The summed E-state index contributed by atoms with van der Waals surface area (Å²) >= 11 is 13.5. The zero-order chi connectivity index (χ0) is 14.8. The number of benzene rings is 2. The fraction of sp³-hybridized carbons (Fsp3) is 0.0667. The van der Waals surface area contributed by atoms with Gasteiger partial charge in [0.15, 0.2) is 0 Å². The third-order valence-corrected chi connectivity index (χ3v) is 4.22. The first-order valence-corrected chi connectivity index (χ1v) is 7.73. The number of halogens is 2. The van der Waals surface area contributed by atoms with Gasteiger partial charge in [0.05, 0.1) is 27.1 Å². The van der Waals surface area contributed by atoms with Crippen molar-refractivity contribution < 1.29 is 0 Å². The third kappa shape index (κ3) is 2.88. The van der Waals surface area contributed by atoms with Gasteiger partial charge in [0, 0.05) is 6.54 Å². The van der Waals surface area contributed by atoms with Crippen LogP contribution >= 0.6 is 23.2 Å². The highest BCUT2D eigenvalue weighted by Crippen LogP contribution is 2.47. The van der Waals surface area contributed by atoms with E-state index in [9.17, 15) is 0 Å². The average Bonchev–Trinajstić information content (AvgIpc) is 2.97. The topological polar surface area (TPSA) is 36.8 Å². The van der Waals surface area contributed by atoms with Crippen LogP contribution in [0.25, 0.3) is 5.57 Å². The lowest BCUT2D eigenvalue weighted by Gasteiger charge is -2.13. The van der Waals surface area contributed by atoms with E-state index in [1.807, 2.05) is 30.3 Å². The molecule has 2 aromatic carbocycles. The van der Waals surface area contributed by atoms with Gasteiger partial charge >= 0.3 is 0 Å². The van der Waals surface area contributed by atoms with E-state index < -0.39 is 0 Å². The van der Waals surface area contributed by atoms with Crippen LogP contribution in [0, 0.1) is 0 Å². The van der Waals surface area contributed by atoms with Crippen LogP contribution in [-0.4, -0.2) is 6.54 Å². The van der Waals surface area contributed by atoms with Crippen LogP contribution < -0.4 is 5.32 Å². The zero-order valence-electron chi connectivity index (χ0n) is 10.9. The van der Waals surface area contributed by atoms with Gasteiger partial charge in [-0.05, 0) is 17.2 Å². The molecular weight excluding hydrogens is 325 g/mol. The van der Waals surface area contributed by atoms with Gasteiger partial charge in [0.25, 0.3) is 0 Å². The lowest BCUT2D eigenvalue weighted by atomic mass is 10.1. The smallest absolute Gasteiger partial charge is 0.130 e. The van der Waals surface area contributed by atoms with E-state index in [0.717, 1.165) is 28.2 Å². The van der Waals surface area contributed by atoms with Crippen LogP contribution in [0.4, 0.5) is 17.1 Å². The molecule has 0 radical (unpaired) electrons. The summed E-state index contributed by atoms with van der Waals surface area (Å²) in [6, 6.07) is 11.7. The Kier molecular flexibility index (Phi) is 4.10. The van der Waals surface area contributed by atoms with E-state index >= 15 is 0 Å². The van der Waals surface area contributed by atoms with Gasteiger partial charge in [0.1, 0.15) is 11.4 Å². The Morgan fingerprint density at radius 1 is 1.10 bits per heavy atom. The van der Waals surface area contributed by atoms with E-state index in [1.165, 1.54) is 0 Å². The predicted octanol–water partition coefficient (Wildman–Crippen LogP) is 5.85. The molecule has 2 aromatic rings. The molecule has 0 unspecified atom stereocenters. The van der Waals surface area contributed by atoms with Crippen LogP contribution in [0.2, 0.25) is 10.0 Å². The number of nitrogens with one attached hydrogen (secondary N) is 1. The first kappa shape index (κ1) is 14.3. The van der Waals surface area contributed by atoms with Gasteiger partial charge < -0.3 is 5.32 Å². The molecule has 0 saturated carbocycles. The predicted molar refractivity (Wildman–Crippen MR) is 92.0 cm³/mol. The largest absolute Gasteiger partial charge is 0.378 e. The van der Waals surface area contributed by atoms with Gasteiger partial charge in [0.2, 0.25) is 0 Å². The fourth-order valence-corrected chi connectivity index (χ4v) is 3.19. The maximum atomic E-state index is 6.26. The SMILES string of the molecule is C=C(CNc1c(Cl)cc(Cl)c2c1N=S=N2)c1ccccc1. The molecule has 0 spiro atoms. The van der Waals surface area contributed by atoms with Crippen LogP contribution in [0.5, 0.6) is 0 Å². The summed E-state index contributed by atoms with van der Waals surface area (Å²) in [4.78, 5) is 0. The maximum absolute atomic E-state index is 6.26. The number of anilines is 1. The number of rotatable bonds is 4. The van der Waals surface area contributed by atoms with Crippen molar-refractivity contribution in [2.24, 2.45) is 8.73 Å². The molecule has 106 valence electrons. The van der Waals surface area contributed by atoms with Gasteiger partial charge in [-0.25, -0.2) is 0 Å². The second-order valence-corrected chi connectivity index (χ2v) is 5.84. The monoisotopic (exact) mass is 335 g/mol. The van der Waals surface area contributed by atoms with Crippen molar-refractivity contribution in [1.82, 2.24) is 0 Å². The number of nitrogens with zero attached hydrogens (tertiary/aromatic N) is 2. The molecule has 6 heteroatoms. The minimum Gasteiger partial charge on any atom is -0.378 e. The van der Waals surface area contributed by atoms with Crippen molar-refractivity contribution in [3.05, 3.63) is 58.6 Å². The number of hydrogen-bond acceptors (Lipinski definition) is 3. The lowest BCUT2D eigenvalue weighted by Crippen LogP contribution is -2.04. The molecule has 21 heavy (non-hydrogen) atoms. The molecule has 1 aliphatic heterocycles. The molecular formula is C15H11Cl2N3S. The maximum Gasteiger partial charge on any atom is 0.130 e. The summed E-state index contributed by atoms with van der Waals surface area (Å²) in [5.41, 5.74) is 4.15. The van der Waals surface area contributed by atoms with Crippen molar-refractivity contribution in [3.63, 3.8) is 0 Å². The van der Waals surface area contributed by atoms with Crippen LogP contribution in [0.1, 0.15) is 5.56 Å². The highest BCUT2D eigenvalue weighted by Gasteiger charge is 2.18. The molecule has 0 fully saturated rings. The standard InChI is InChI=1S/C15H11Cl2N3S/c1-9(10-5-3-2-4-6-10)8-18-13-11(16)7-12(17)14-15(13)20-21-19-14/h2-7,18H,1,8H2. The Balaban J connectivity index is 1.83. The Morgan fingerprint density at radius 3 is 2.57 bits per heavy atom. The summed E-state index contributed by atoms with van der Waals surface area (Å²) in [6.45, 7) is 4.66. The minimum absolute atomic E-state index is 0.510. The Hall–Kier alpha value is -1.62. The highest BCUT2D eigenvalue weighted by molar-refractivity contribution is 7.58. The van der Waals surface area contributed by atoms with Crippen molar-refractivity contribution in [2.75, 3.05) is 11.9 Å². The minimum atomic E-state index is 0.510. The molecule has 0 aliphatic carbocycles. The molecule has 1 N–H and O–H groups in total. The van der Waals surface area contributed by atoms with E-state index in [0.29, 0.717) is 28.0 Å². The molecule has 0 amide bonds. The molecule has 1 heterocycles. The second kappa shape index (κ2) is 6.02. The Labute approximate surface area is 136 Å². The van der Waals surface area contributed by atoms with E-state index in [-0.39, 0.29) is 0 Å². The molecule has 3 rings (SSSR count). The average molecular weight is 336 g/mol. The molecule has 0 atom stereocenters. The van der Waals surface area contributed by atoms with E-state index in [4.69, 9.17) is 23.2 Å². The van der Waals surface area contributed by atoms with Crippen LogP contribution in [-0.2, 0) is 11.4 Å². The summed E-state index contributed by atoms with van der Waals surface area (Å²) in [7, 11) is 0. The summed E-state index contributed by atoms with van der Waals surface area (Å²) in [6.07, 6.45) is 0. The summed E-state index contributed by atoms with van der Waals surface area (Å²) in [5, 5.41) is 4.32. The van der Waals surface area contributed by atoms with Gasteiger partial charge in [-0.3, -0.25) is 0 Å². The first-order chi connectivity index (χ1) is 10.2. The molecule has 1 aliphatic rings. The van der Waals surface area contributed by atoms with Crippen molar-refractivity contribution in [2.45, 2.75) is 0 Å². The fourth-order valence-electron chi connectivity index (χ4n) is 2.01. The second-order valence-electron chi connectivity index (χ2n) is 4.50. The van der Waals surface area contributed by atoms with Gasteiger partial charge in [-0.1, -0.05) is 60.1 Å². The number of fused-ring (bicyclic) bond motifs is 1. The molecule has 3 nitrogen and oxygen atoms in total. The Morgan fingerprint density at radius 2 is 1.81 bits per heavy atom. The van der Waals surface area contributed by atoms with Crippen LogP contribution in [0.3, 0.4) is 0 Å². The summed E-state index contributed by atoms with van der Waals surface area (Å²) < 4.78 is 8.44. The van der Waals surface area contributed by atoms with E-state index in [1.54, 1.807) is 6.07 Å². The molecule has 0 aromatic heterocycles. The van der Waals surface area contributed by atoms with Crippen molar-refractivity contribution >= 4 is 57.2 Å². The first-order valence-electron chi connectivity index (χ1n) is 6.24. The zero-order valence-corrected chi connectivity index (χ0v) is 13.3. The third-order valence-electron chi connectivity index (χ3n) is 3.10. The quantitative estimate of drug-likeness (QED) is 0.638. The summed E-state index contributed by atoms with van der Waals surface area (Å²) in [5.74, 6) is 0. The van der Waals surface area contributed by atoms with Crippen LogP contribution in [0.15, 0.2) is 51.7 Å². The number of hydrogen-bond donors (Lipinski definition) is 1. The van der Waals surface area contributed by atoms with Crippen molar-refractivity contribution in [3.8, 4) is 0 Å². The molecule has 0 saturated heterocycles. The van der Waals surface area contributed by atoms with Gasteiger partial charge in [-0.15, -0.1) is 0 Å². The van der Waals surface area contributed by atoms with E-state index in [2.05, 4.69) is 20.6 Å².